The quantitative estimate of drug-likeness (QED) is 0.0967. The van der Waals surface area contributed by atoms with Crippen LogP contribution in [-0.4, -0.2) is 163 Å². The molecule has 4 amide bonds. The topological polar surface area (TPSA) is 317 Å². The molecule has 3 heterocycles. The fraction of sp³-hybridized carbons (Fsp3) is 0.531. The Morgan fingerprint density at radius 3 is 0.989 bits per heavy atom. The second-order valence-corrected chi connectivity index (χ2v) is 24.0. The fourth-order valence-electron chi connectivity index (χ4n) is 10.3. The van der Waals surface area contributed by atoms with Gasteiger partial charge in [0.15, 0.2) is 35.8 Å². The van der Waals surface area contributed by atoms with Gasteiger partial charge in [0, 0.05) is 53.2 Å². The monoisotopic (exact) mass is 1210 g/mol. The highest BCUT2D eigenvalue weighted by atomic mass is 16.6. The Bertz CT molecular complexity index is 3140. The van der Waals surface area contributed by atoms with Gasteiger partial charge in [-0.15, -0.1) is 0 Å². The van der Waals surface area contributed by atoms with Crippen molar-refractivity contribution < 1.29 is 57.3 Å². The lowest BCUT2D eigenvalue weighted by Crippen LogP contribution is -2.55. The van der Waals surface area contributed by atoms with Gasteiger partial charge in [0.2, 0.25) is 0 Å². The molecule has 1 aliphatic rings. The van der Waals surface area contributed by atoms with E-state index in [0.29, 0.717) is 22.3 Å². The summed E-state index contributed by atoms with van der Waals surface area (Å²) in [6.07, 6.45) is -6.98. The van der Waals surface area contributed by atoms with Crippen LogP contribution in [0.4, 0.5) is 0 Å². The Morgan fingerprint density at radius 2 is 0.705 bits per heavy atom. The molecule has 1 saturated heterocycles. The number of cyclic esters (lactones) is 4. The van der Waals surface area contributed by atoms with Gasteiger partial charge >= 0.3 is 23.9 Å². The number of ether oxygens (including phenoxy) is 4. The summed E-state index contributed by atoms with van der Waals surface area (Å²) in [7, 11) is 5.34. The van der Waals surface area contributed by atoms with Crippen molar-refractivity contribution in [3.63, 3.8) is 0 Å². The van der Waals surface area contributed by atoms with E-state index in [1.165, 1.54) is 63.5 Å². The number of esters is 4. The highest BCUT2D eigenvalue weighted by Gasteiger charge is 2.43. The first kappa shape index (κ1) is 69.4. The number of aromatic nitrogens is 4. The van der Waals surface area contributed by atoms with E-state index in [0.717, 1.165) is 19.6 Å². The number of nitriles is 4. The summed E-state index contributed by atoms with van der Waals surface area (Å²) >= 11 is 0. The lowest BCUT2D eigenvalue weighted by atomic mass is 9.99. The predicted molar refractivity (Wildman–Crippen MR) is 317 cm³/mol. The summed E-state index contributed by atoms with van der Waals surface area (Å²) in [5.41, 5.74) is 2.45. The van der Waals surface area contributed by atoms with Crippen molar-refractivity contribution in [1.82, 2.24) is 39.2 Å². The molecule has 0 aliphatic carbocycles. The van der Waals surface area contributed by atoms with Crippen LogP contribution in [-0.2, 0) is 83.2 Å². The van der Waals surface area contributed by atoms with Gasteiger partial charge < -0.3 is 38.5 Å². The van der Waals surface area contributed by atoms with Gasteiger partial charge in [-0.2, -0.15) is 31.2 Å². The van der Waals surface area contributed by atoms with Crippen molar-refractivity contribution in [3.8, 4) is 24.3 Å². The number of amides is 4. The number of hydrogen-bond donors (Lipinski definition) is 0. The second-order valence-electron chi connectivity index (χ2n) is 24.0. The Balaban J connectivity index is 1.63. The molecule has 88 heavy (non-hydrogen) atoms. The van der Waals surface area contributed by atoms with Crippen molar-refractivity contribution in [1.29, 1.82) is 21.0 Å². The lowest BCUT2D eigenvalue weighted by Gasteiger charge is -2.35. The molecule has 1 aliphatic heterocycles. The third-order valence-electron chi connectivity index (χ3n) is 15.0. The molecule has 0 unspecified atom stereocenters. The van der Waals surface area contributed by atoms with Gasteiger partial charge in [-0.05, 0) is 85.5 Å². The molecule has 5 rings (SSSR count). The van der Waals surface area contributed by atoms with Crippen LogP contribution >= 0.6 is 0 Å². The van der Waals surface area contributed by atoms with Gasteiger partial charge in [-0.3, -0.25) is 19.2 Å². The van der Waals surface area contributed by atoms with Crippen molar-refractivity contribution in [2.45, 2.75) is 169 Å². The Labute approximate surface area is 514 Å². The second kappa shape index (κ2) is 31.3. The molecule has 2 aromatic heterocycles. The van der Waals surface area contributed by atoms with E-state index in [1.807, 2.05) is 24.3 Å². The van der Waals surface area contributed by atoms with E-state index in [-0.39, 0.29) is 98.1 Å². The van der Waals surface area contributed by atoms with Crippen LogP contribution in [0.2, 0.25) is 0 Å². The van der Waals surface area contributed by atoms with Crippen molar-refractivity contribution in [2.75, 3.05) is 28.2 Å². The van der Waals surface area contributed by atoms with Crippen LogP contribution < -0.4 is 0 Å². The molecule has 468 valence electrons. The van der Waals surface area contributed by atoms with Crippen molar-refractivity contribution in [2.24, 2.45) is 23.7 Å². The molecule has 0 bridgehead atoms. The molecule has 0 saturated carbocycles. The summed E-state index contributed by atoms with van der Waals surface area (Å²) in [6, 6.07) is 18.7. The molecule has 24 nitrogen and oxygen atoms in total. The normalized spacial score (nSPS) is 21.8. The minimum Gasteiger partial charge on any atom is -0.451 e. The van der Waals surface area contributed by atoms with E-state index < -0.39 is 96.1 Å². The van der Waals surface area contributed by atoms with E-state index in [2.05, 4.69) is 10.2 Å². The van der Waals surface area contributed by atoms with Gasteiger partial charge in [-0.1, -0.05) is 104 Å². The first-order valence-corrected chi connectivity index (χ1v) is 29.3. The molecule has 0 N–H and O–H groups in total. The van der Waals surface area contributed by atoms with Crippen LogP contribution in [0.3, 0.4) is 0 Å². The fourth-order valence-corrected chi connectivity index (χ4v) is 10.3. The van der Waals surface area contributed by atoms with Crippen LogP contribution in [0.25, 0.3) is 0 Å². The van der Waals surface area contributed by atoms with Crippen LogP contribution in [0.1, 0.15) is 140 Å². The smallest absolute Gasteiger partial charge is 0.329 e. The number of carbonyl (C=O) groups is 8. The Hall–Kier alpha value is -9.42. The molecule has 4 aromatic rings. The zero-order chi connectivity index (χ0) is 65.4. The van der Waals surface area contributed by atoms with E-state index in [9.17, 15) is 49.8 Å². The first-order valence-electron chi connectivity index (χ1n) is 29.3. The Kier molecular flexibility index (Phi) is 24.7. The minimum atomic E-state index is -1.66. The number of likely N-dealkylation sites (N-methyl/N-ethyl adjacent to an activating group) is 4. The maximum atomic E-state index is 15.1. The number of rotatable bonds is 16. The highest BCUT2D eigenvalue weighted by Crippen LogP contribution is 2.25. The van der Waals surface area contributed by atoms with E-state index in [4.69, 9.17) is 18.9 Å². The highest BCUT2D eigenvalue weighted by molar-refractivity contribution is 5.94. The molecule has 24 heteroatoms. The van der Waals surface area contributed by atoms with Crippen molar-refractivity contribution >= 4 is 47.5 Å². The third kappa shape index (κ3) is 18.3. The molecule has 8 atom stereocenters. The first-order chi connectivity index (χ1) is 41.5. The molecule has 0 radical (unpaired) electrons. The summed E-state index contributed by atoms with van der Waals surface area (Å²) in [4.78, 5) is 123. The zero-order valence-electron chi connectivity index (χ0n) is 52.6. The summed E-state index contributed by atoms with van der Waals surface area (Å²) in [5, 5.41) is 46.9. The molecule has 2 aromatic carbocycles. The van der Waals surface area contributed by atoms with E-state index in [1.54, 1.807) is 104 Å². The zero-order valence-corrected chi connectivity index (χ0v) is 52.6. The number of hydrogen-bond acceptors (Lipinski definition) is 18. The number of carbonyl (C=O) groups excluding carboxylic acids is 8. The average molecular weight is 1210 g/mol. The van der Waals surface area contributed by atoms with Gasteiger partial charge in [-0.25, -0.2) is 28.5 Å². The van der Waals surface area contributed by atoms with Gasteiger partial charge in [0.25, 0.3) is 23.6 Å². The number of benzene rings is 2. The van der Waals surface area contributed by atoms with Crippen LogP contribution in [0.15, 0.2) is 60.7 Å². The standard InChI is InChI=1S/C64H80N12O12/c1-37(2)21-51-61(81)85-41(9)57(77)71(11)54(24-40(7)8)64(84)88-56(28-44-18-16-20-46(26-44)36-76-50(34-68)30-48(32-66)70-76)60(80)74(14)52(22-38(3)4)62(82)86-42(10)58(78)72(12)53(23-39(5)6)63(83)87-55(59(79)73(51)13)27-43-17-15-19-45(25-43)35-75-49(33-67)29-47(31-65)69-75/h15-20,25-26,29-30,37-42,51-56H,21-24,27-28,35-36H2,1-14H3/t41-,42-,51+,52+,53+,54+,55-,56-/m1/s1. The summed E-state index contributed by atoms with van der Waals surface area (Å²) < 4.78 is 26.9. The lowest BCUT2D eigenvalue weighted by molar-refractivity contribution is -0.176. The van der Waals surface area contributed by atoms with Gasteiger partial charge in [0.1, 0.15) is 59.8 Å². The van der Waals surface area contributed by atoms with Gasteiger partial charge in [0.05, 0.1) is 13.1 Å². The number of nitrogens with zero attached hydrogens (tertiary/aromatic N) is 12. The van der Waals surface area contributed by atoms with Crippen LogP contribution in [0, 0.1) is 69.0 Å². The maximum absolute atomic E-state index is 15.1. The molecular formula is C64H80N12O12. The van der Waals surface area contributed by atoms with Crippen LogP contribution in [0.5, 0.6) is 0 Å². The van der Waals surface area contributed by atoms with E-state index >= 15 is 9.59 Å². The summed E-state index contributed by atoms with van der Waals surface area (Å²) in [6.45, 7) is 17.2. The minimum absolute atomic E-state index is 0.00689. The summed E-state index contributed by atoms with van der Waals surface area (Å²) in [5.74, 6) is -8.38. The average Bonchev–Trinajstić information content (AvgIpc) is 1.79. The third-order valence-corrected chi connectivity index (χ3v) is 15.0. The van der Waals surface area contributed by atoms with Crippen molar-refractivity contribution in [3.05, 3.63) is 106 Å². The largest absolute Gasteiger partial charge is 0.451 e. The molecule has 0 spiro atoms. The Morgan fingerprint density at radius 1 is 0.420 bits per heavy atom. The molecule has 1 fully saturated rings. The maximum Gasteiger partial charge on any atom is 0.329 e. The predicted octanol–water partition coefficient (Wildman–Crippen LogP) is 5.64. The molecular weight excluding hydrogens is 1130 g/mol. The SMILES string of the molecule is CC(C)C[C@H]1C(=O)O[C@H](Cc2cccc(Cn3nc(C#N)cc3C#N)c2)C(=O)N(C)[C@@H](CC(C)C)C(=O)O[C@H](C)C(=O)N(C)[C@@H](CC(C)C)C(=O)O[C@H](Cc2cccc(Cn3nc(C#N)cc3C#N)c2)C(=O)N(C)[C@@H](CC(C)C)C(=O)O[C@H](C)C(=O)N1C.